The summed E-state index contributed by atoms with van der Waals surface area (Å²) in [5.41, 5.74) is 7.28. The molecule has 3 nitrogen and oxygen atoms in total. The Hall–Kier alpha value is -0.710. The SMILES string of the molecule is CCCOc1cccc(C(CN)N(C)C(C)CCSC)c1. The molecule has 0 aliphatic heterocycles. The first kappa shape index (κ1) is 18.3. The zero-order valence-corrected chi connectivity index (χ0v) is 14.7. The minimum Gasteiger partial charge on any atom is -0.494 e. The van der Waals surface area contributed by atoms with Crippen LogP contribution in [-0.2, 0) is 0 Å². The molecule has 1 rings (SSSR count). The lowest BCUT2D eigenvalue weighted by Crippen LogP contribution is -2.37. The molecule has 0 spiro atoms. The number of nitrogens with two attached hydrogens (primary N) is 1. The van der Waals surface area contributed by atoms with Crippen LogP contribution in [0.1, 0.15) is 38.3 Å². The Morgan fingerprint density at radius 2 is 2.14 bits per heavy atom. The Morgan fingerprint density at radius 3 is 2.76 bits per heavy atom. The Kier molecular flexibility index (Phi) is 8.81. The van der Waals surface area contributed by atoms with Gasteiger partial charge in [0, 0.05) is 18.6 Å². The number of ether oxygens (including phenoxy) is 1. The second-order valence-electron chi connectivity index (χ2n) is 5.47. The normalized spacial score (nSPS) is 14.2. The highest BCUT2D eigenvalue weighted by molar-refractivity contribution is 7.98. The van der Waals surface area contributed by atoms with Crippen LogP contribution in [0.3, 0.4) is 0 Å². The van der Waals surface area contributed by atoms with E-state index in [1.807, 2.05) is 17.8 Å². The highest BCUT2D eigenvalue weighted by atomic mass is 32.2. The van der Waals surface area contributed by atoms with Gasteiger partial charge in [-0.3, -0.25) is 4.90 Å². The third-order valence-electron chi connectivity index (χ3n) is 3.87. The van der Waals surface area contributed by atoms with Crippen LogP contribution in [0.25, 0.3) is 0 Å². The molecule has 2 unspecified atom stereocenters. The molecule has 0 radical (unpaired) electrons. The minimum absolute atomic E-state index is 0.243. The molecule has 0 saturated carbocycles. The molecule has 4 heteroatoms. The lowest BCUT2D eigenvalue weighted by Gasteiger charge is -2.33. The molecule has 0 heterocycles. The third-order valence-corrected chi connectivity index (χ3v) is 4.51. The number of nitrogens with zero attached hydrogens (tertiary/aromatic N) is 1. The van der Waals surface area contributed by atoms with Crippen LogP contribution < -0.4 is 10.5 Å². The molecular formula is C17H30N2OS. The fourth-order valence-electron chi connectivity index (χ4n) is 2.37. The number of thioether (sulfide) groups is 1. The Bertz CT molecular complexity index is 400. The minimum atomic E-state index is 0.243. The van der Waals surface area contributed by atoms with Crippen molar-refractivity contribution >= 4 is 11.8 Å². The lowest BCUT2D eigenvalue weighted by atomic mass is 10.0. The second kappa shape index (κ2) is 10.1. The van der Waals surface area contributed by atoms with E-state index >= 15 is 0 Å². The van der Waals surface area contributed by atoms with E-state index < -0.39 is 0 Å². The van der Waals surface area contributed by atoms with Crippen molar-refractivity contribution in [3.63, 3.8) is 0 Å². The molecule has 0 fully saturated rings. The number of likely N-dealkylation sites (N-methyl/N-ethyl adjacent to an activating group) is 1. The first-order chi connectivity index (χ1) is 10.1. The maximum absolute atomic E-state index is 6.03. The molecule has 120 valence electrons. The largest absolute Gasteiger partial charge is 0.494 e. The third kappa shape index (κ3) is 5.89. The van der Waals surface area contributed by atoms with E-state index in [2.05, 4.69) is 50.2 Å². The van der Waals surface area contributed by atoms with Crippen molar-refractivity contribution in [2.45, 2.75) is 38.8 Å². The number of hydrogen-bond donors (Lipinski definition) is 1. The second-order valence-corrected chi connectivity index (χ2v) is 6.45. The maximum Gasteiger partial charge on any atom is 0.119 e. The molecule has 1 aromatic rings. The molecular weight excluding hydrogens is 280 g/mol. The summed E-state index contributed by atoms with van der Waals surface area (Å²) in [6.45, 7) is 5.78. The standard InChI is InChI=1S/C17H30N2OS/c1-5-10-20-16-8-6-7-15(12-16)17(13-18)19(3)14(2)9-11-21-4/h6-8,12,14,17H,5,9-11,13,18H2,1-4H3. The summed E-state index contributed by atoms with van der Waals surface area (Å²) in [5, 5.41) is 0. The van der Waals surface area contributed by atoms with Gasteiger partial charge < -0.3 is 10.5 Å². The zero-order chi connectivity index (χ0) is 15.7. The van der Waals surface area contributed by atoms with Crippen LogP contribution >= 0.6 is 11.8 Å². The highest BCUT2D eigenvalue weighted by Gasteiger charge is 2.20. The summed E-state index contributed by atoms with van der Waals surface area (Å²) >= 11 is 1.90. The molecule has 1 aromatic carbocycles. The van der Waals surface area contributed by atoms with Crippen molar-refractivity contribution in [1.29, 1.82) is 0 Å². The van der Waals surface area contributed by atoms with Gasteiger partial charge in [-0.1, -0.05) is 19.1 Å². The molecule has 0 aliphatic rings. The average molecular weight is 311 g/mol. The van der Waals surface area contributed by atoms with E-state index in [9.17, 15) is 0 Å². The predicted octanol–water partition coefficient (Wildman–Crippen LogP) is 3.55. The fourth-order valence-corrected chi connectivity index (χ4v) is 2.95. The fraction of sp³-hybridized carbons (Fsp3) is 0.647. The zero-order valence-electron chi connectivity index (χ0n) is 13.8. The summed E-state index contributed by atoms with van der Waals surface area (Å²) < 4.78 is 5.73. The maximum atomic E-state index is 6.03. The average Bonchev–Trinajstić information content (AvgIpc) is 2.51. The van der Waals surface area contributed by atoms with E-state index in [4.69, 9.17) is 10.5 Å². The van der Waals surface area contributed by atoms with Gasteiger partial charge >= 0.3 is 0 Å². The summed E-state index contributed by atoms with van der Waals surface area (Å²) in [6, 6.07) is 9.12. The van der Waals surface area contributed by atoms with Crippen LogP contribution in [0.4, 0.5) is 0 Å². The highest BCUT2D eigenvalue weighted by Crippen LogP contribution is 2.25. The van der Waals surface area contributed by atoms with Crippen LogP contribution in [0, 0.1) is 0 Å². The monoisotopic (exact) mass is 310 g/mol. The van der Waals surface area contributed by atoms with Gasteiger partial charge in [-0.05, 0) is 56.5 Å². The number of benzene rings is 1. The topological polar surface area (TPSA) is 38.5 Å². The molecule has 0 saturated heterocycles. The Balaban J connectivity index is 2.78. The van der Waals surface area contributed by atoms with E-state index in [0.29, 0.717) is 12.6 Å². The van der Waals surface area contributed by atoms with Crippen molar-refractivity contribution in [1.82, 2.24) is 4.90 Å². The molecule has 0 bridgehead atoms. The summed E-state index contributed by atoms with van der Waals surface area (Å²) in [7, 11) is 2.17. The molecule has 0 aromatic heterocycles. The van der Waals surface area contributed by atoms with Gasteiger partial charge in [0.05, 0.1) is 6.61 Å². The van der Waals surface area contributed by atoms with Gasteiger partial charge in [0.2, 0.25) is 0 Å². The van der Waals surface area contributed by atoms with Crippen LogP contribution in [0.5, 0.6) is 5.75 Å². The smallest absolute Gasteiger partial charge is 0.119 e. The van der Waals surface area contributed by atoms with E-state index in [1.165, 1.54) is 17.7 Å². The van der Waals surface area contributed by atoms with Crippen LogP contribution in [0.2, 0.25) is 0 Å². The molecule has 2 N–H and O–H groups in total. The van der Waals surface area contributed by atoms with Crippen molar-refractivity contribution < 1.29 is 4.74 Å². The van der Waals surface area contributed by atoms with Gasteiger partial charge in [0.25, 0.3) is 0 Å². The van der Waals surface area contributed by atoms with Crippen LogP contribution in [0.15, 0.2) is 24.3 Å². The van der Waals surface area contributed by atoms with E-state index in [0.717, 1.165) is 18.8 Å². The first-order valence-corrected chi connectivity index (χ1v) is 9.17. The summed E-state index contributed by atoms with van der Waals surface area (Å²) in [5.74, 6) is 2.13. The molecule has 21 heavy (non-hydrogen) atoms. The van der Waals surface area contributed by atoms with Gasteiger partial charge in [0.15, 0.2) is 0 Å². The van der Waals surface area contributed by atoms with Crippen LogP contribution in [-0.4, -0.2) is 43.1 Å². The lowest BCUT2D eigenvalue weighted by molar-refractivity contribution is 0.185. The molecule has 2 atom stereocenters. The van der Waals surface area contributed by atoms with Crippen molar-refractivity contribution in [3.05, 3.63) is 29.8 Å². The predicted molar refractivity (Wildman–Crippen MR) is 94.2 cm³/mol. The molecule has 0 aliphatic carbocycles. The summed E-state index contributed by atoms with van der Waals surface area (Å²) in [4.78, 5) is 2.38. The van der Waals surface area contributed by atoms with E-state index in [1.54, 1.807) is 0 Å². The number of hydrogen-bond acceptors (Lipinski definition) is 4. The van der Waals surface area contributed by atoms with Gasteiger partial charge in [-0.15, -0.1) is 0 Å². The van der Waals surface area contributed by atoms with Gasteiger partial charge in [-0.2, -0.15) is 11.8 Å². The number of rotatable bonds is 10. The van der Waals surface area contributed by atoms with E-state index in [-0.39, 0.29) is 6.04 Å². The quantitative estimate of drug-likeness (QED) is 0.717. The first-order valence-electron chi connectivity index (χ1n) is 7.77. The Morgan fingerprint density at radius 1 is 1.38 bits per heavy atom. The van der Waals surface area contributed by atoms with Gasteiger partial charge in [0.1, 0.15) is 5.75 Å². The Labute approximate surface area is 134 Å². The summed E-state index contributed by atoms with van der Waals surface area (Å²) in [6.07, 6.45) is 4.36. The van der Waals surface area contributed by atoms with Crippen molar-refractivity contribution in [2.24, 2.45) is 5.73 Å². The van der Waals surface area contributed by atoms with Crippen molar-refractivity contribution in [2.75, 3.05) is 32.2 Å². The molecule has 0 amide bonds. The van der Waals surface area contributed by atoms with Crippen molar-refractivity contribution in [3.8, 4) is 5.75 Å². The van der Waals surface area contributed by atoms with Gasteiger partial charge in [-0.25, -0.2) is 0 Å².